The molecule has 170 valence electrons. The minimum atomic E-state index is -0.708. The van der Waals surface area contributed by atoms with Gasteiger partial charge in [0.05, 0.1) is 31.9 Å². The van der Waals surface area contributed by atoms with E-state index in [0.717, 1.165) is 15.6 Å². The second-order valence-electron chi connectivity index (χ2n) is 7.89. The molecule has 0 saturated heterocycles. The van der Waals surface area contributed by atoms with Gasteiger partial charge >= 0.3 is 0 Å². The number of aromatic nitrogens is 1. The van der Waals surface area contributed by atoms with Crippen molar-refractivity contribution >= 4 is 33.4 Å². The van der Waals surface area contributed by atoms with Crippen LogP contribution in [-0.4, -0.2) is 43.0 Å². The summed E-state index contributed by atoms with van der Waals surface area (Å²) in [6, 6.07) is 12.2. The Morgan fingerprint density at radius 3 is 2.48 bits per heavy atom. The van der Waals surface area contributed by atoms with Gasteiger partial charge in [0.1, 0.15) is 0 Å². The molecule has 0 radical (unpaired) electrons. The van der Waals surface area contributed by atoms with Gasteiger partial charge in [-0.2, -0.15) is 0 Å². The van der Waals surface area contributed by atoms with E-state index < -0.39 is 12.0 Å². The van der Waals surface area contributed by atoms with Crippen LogP contribution in [0.4, 0.5) is 5.69 Å². The van der Waals surface area contributed by atoms with Crippen LogP contribution in [0.5, 0.6) is 11.5 Å². The number of likely N-dealkylation sites (N-methyl/N-ethyl adjacent to an activating group) is 1. The molecule has 0 fully saturated rings. The highest BCUT2D eigenvalue weighted by Gasteiger charge is 2.43. The Kier molecular flexibility index (Phi) is 6.37. The molecule has 8 heteroatoms. The number of methoxy groups -OCH3 is 2. The normalized spacial score (nSPS) is 17.4. The average molecular weight is 510 g/mol. The van der Waals surface area contributed by atoms with Gasteiger partial charge in [-0.15, -0.1) is 0 Å². The Morgan fingerprint density at radius 1 is 1.12 bits per heavy atom. The van der Waals surface area contributed by atoms with Gasteiger partial charge < -0.3 is 19.7 Å². The van der Waals surface area contributed by atoms with Gasteiger partial charge in [0.15, 0.2) is 11.5 Å². The number of hydrogen-bond donors (Lipinski definition) is 1. The van der Waals surface area contributed by atoms with E-state index in [0.29, 0.717) is 28.3 Å². The van der Waals surface area contributed by atoms with E-state index in [1.807, 2.05) is 31.2 Å². The zero-order valence-electron chi connectivity index (χ0n) is 18.8. The largest absolute Gasteiger partial charge is 0.493 e. The van der Waals surface area contributed by atoms with Crippen LogP contribution in [0.3, 0.4) is 0 Å². The van der Waals surface area contributed by atoms with Gasteiger partial charge in [-0.3, -0.25) is 14.6 Å². The van der Waals surface area contributed by atoms with Crippen LogP contribution in [0.2, 0.25) is 0 Å². The number of pyridine rings is 1. The van der Waals surface area contributed by atoms with Crippen LogP contribution in [0.15, 0.2) is 59.3 Å². The molecule has 2 atom stereocenters. The van der Waals surface area contributed by atoms with Crippen molar-refractivity contribution < 1.29 is 19.1 Å². The van der Waals surface area contributed by atoms with Crippen molar-refractivity contribution in [3.63, 3.8) is 0 Å². The van der Waals surface area contributed by atoms with E-state index in [4.69, 9.17) is 9.47 Å². The molecule has 0 bridgehead atoms. The van der Waals surface area contributed by atoms with E-state index in [9.17, 15) is 9.59 Å². The van der Waals surface area contributed by atoms with E-state index in [-0.39, 0.29) is 11.8 Å². The number of aryl methyl sites for hydroxylation is 1. The predicted molar refractivity (Wildman–Crippen MR) is 129 cm³/mol. The van der Waals surface area contributed by atoms with Gasteiger partial charge in [-0.05, 0) is 69.9 Å². The third-order valence-electron chi connectivity index (χ3n) is 5.87. The van der Waals surface area contributed by atoms with Gasteiger partial charge in [0, 0.05) is 29.5 Å². The maximum Gasteiger partial charge on any atom is 0.254 e. The number of rotatable bonds is 5. The molecule has 3 aromatic rings. The number of ether oxygens (including phenoxy) is 2. The zero-order chi connectivity index (χ0) is 23.7. The highest BCUT2D eigenvalue weighted by atomic mass is 79.9. The Balaban J connectivity index is 1.88. The standard InChI is InChI=1S/C25H24BrN3O4/c1-14-7-8-19(18(26)10-14)28-24(30)22-16-11-20(32-3)21(33-4)12-17(16)25(31)29(2)23(22)15-6-5-9-27-13-15/h5-13,22-23H,1-4H3,(H,28,30)/t22-,23-/m0/s1. The predicted octanol–water partition coefficient (Wildman–Crippen LogP) is 4.72. The molecule has 1 aliphatic rings. The van der Waals surface area contributed by atoms with E-state index in [2.05, 4.69) is 26.2 Å². The lowest BCUT2D eigenvalue weighted by molar-refractivity contribution is -0.119. The summed E-state index contributed by atoms with van der Waals surface area (Å²) in [5, 5.41) is 3.03. The first-order valence-corrected chi connectivity index (χ1v) is 11.1. The van der Waals surface area contributed by atoms with Crippen LogP contribution in [0.1, 0.15) is 39.0 Å². The maximum absolute atomic E-state index is 13.8. The highest BCUT2D eigenvalue weighted by Crippen LogP contribution is 2.46. The fourth-order valence-electron chi connectivity index (χ4n) is 4.23. The molecule has 2 aromatic carbocycles. The molecule has 0 unspecified atom stereocenters. The molecular formula is C25H24BrN3O4. The summed E-state index contributed by atoms with van der Waals surface area (Å²) in [5.74, 6) is -0.285. The van der Waals surface area contributed by atoms with E-state index in [1.165, 1.54) is 14.2 Å². The summed E-state index contributed by atoms with van der Waals surface area (Å²) in [5.41, 5.74) is 3.45. The Bertz CT molecular complexity index is 1220. The quantitative estimate of drug-likeness (QED) is 0.538. The number of nitrogens with zero attached hydrogens (tertiary/aromatic N) is 2. The molecule has 2 heterocycles. The van der Waals surface area contributed by atoms with E-state index in [1.54, 1.807) is 42.5 Å². The monoisotopic (exact) mass is 509 g/mol. The number of carbonyl (C=O) groups is 2. The van der Waals surface area contributed by atoms with Crippen molar-refractivity contribution in [3.05, 3.63) is 81.6 Å². The van der Waals surface area contributed by atoms with Crippen LogP contribution in [0, 0.1) is 6.92 Å². The number of benzene rings is 2. The van der Waals surface area contributed by atoms with Crippen molar-refractivity contribution in [1.82, 2.24) is 9.88 Å². The molecule has 0 saturated carbocycles. The number of anilines is 1. The van der Waals surface area contributed by atoms with Crippen molar-refractivity contribution in [2.45, 2.75) is 18.9 Å². The van der Waals surface area contributed by atoms with Gasteiger partial charge in [-0.1, -0.05) is 12.1 Å². The third kappa shape index (κ3) is 4.18. The molecular weight excluding hydrogens is 486 g/mol. The molecule has 0 aliphatic carbocycles. The molecule has 1 aromatic heterocycles. The number of halogens is 1. The Morgan fingerprint density at radius 2 is 1.85 bits per heavy atom. The minimum Gasteiger partial charge on any atom is -0.493 e. The number of carbonyl (C=O) groups excluding carboxylic acids is 2. The van der Waals surface area contributed by atoms with Gasteiger partial charge in [-0.25, -0.2) is 0 Å². The molecule has 2 amide bonds. The Hall–Kier alpha value is -3.39. The molecule has 1 N–H and O–H groups in total. The highest BCUT2D eigenvalue weighted by molar-refractivity contribution is 9.10. The topological polar surface area (TPSA) is 80.8 Å². The first-order chi connectivity index (χ1) is 15.8. The lowest BCUT2D eigenvalue weighted by Crippen LogP contribution is -2.44. The second-order valence-corrected chi connectivity index (χ2v) is 8.75. The first-order valence-electron chi connectivity index (χ1n) is 10.4. The van der Waals surface area contributed by atoms with Crippen LogP contribution in [-0.2, 0) is 4.79 Å². The fourth-order valence-corrected chi connectivity index (χ4v) is 4.82. The van der Waals surface area contributed by atoms with Crippen molar-refractivity contribution in [3.8, 4) is 11.5 Å². The average Bonchev–Trinajstić information content (AvgIpc) is 2.82. The fraction of sp³-hybridized carbons (Fsp3) is 0.240. The lowest BCUT2D eigenvalue weighted by Gasteiger charge is -2.40. The van der Waals surface area contributed by atoms with Gasteiger partial charge in [0.2, 0.25) is 5.91 Å². The summed E-state index contributed by atoms with van der Waals surface area (Å²) in [6.07, 6.45) is 3.34. The van der Waals surface area contributed by atoms with Crippen LogP contribution < -0.4 is 14.8 Å². The van der Waals surface area contributed by atoms with Crippen LogP contribution in [0.25, 0.3) is 0 Å². The first kappa shape index (κ1) is 22.8. The molecule has 7 nitrogen and oxygen atoms in total. The number of hydrogen-bond acceptors (Lipinski definition) is 5. The van der Waals surface area contributed by atoms with E-state index >= 15 is 0 Å². The van der Waals surface area contributed by atoms with Gasteiger partial charge in [0.25, 0.3) is 5.91 Å². The summed E-state index contributed by atoms with van der Waals surface area (Å²) in [7, 11) is 4.73. The van der Waals surface area contributed by atoms with Crippen molar-refractivity contribution in [1.29, 1.82) is 0 Å². The molecule has 1 aliphatic heterocycles. The molecule has 4 rings (SSSR count). The number of amides is 2. The van der Waals surface area contributed by atoms with Crippen molar-refractivity contribution in [2.24, 2.45) is 0 Å². The summed E-state index contributed by atoms with van der Waals surface area (Å²) in [6.45, 7) is 1.98. The summed E-state index contributed by atoms with van der Waals surface area (Å²) in [4.78, 5) is 33.0. The molecule has 0 spiro atoms. The summed E-state index contributed by atoms with van der Waals surface area (Å²) < 4.78 is 11.7. The number of fused-ring (bicyclic) bond motifs is 1. The SMILES string of the molecule is COc1cc2c(cc1OC)[C@H](C(=O)Nc1ccc(C)cc1Br)[C@H](c1cccnc1)N(C)C2=O. The third-order valence-corrected chi connectivity index (χ3v) is 6.52. The molecule has 33 heavy (non-hydrogen) atoms. The summed E-state index contributed by atoms with van der Waals surface area (Å²) >= 11 is 3.53. The van der Waals surface area contributed by atoms with Crippen molar-refractivity contribution in [2.75, 3.05) is 26.6 Å². The van der Waals surface area contributed by atoms with Crippen LogP contribution >= 0.6 is 15.9 Å². The smallest absolute Gasteiger partial charge is 0.254 e. The number of nitrogens with one attached hydrogen (secondary N) is 1. The zero-order valence-corrected chi connectivity index (χ0v) is 20.3. The maximum atomic E-state index is 13.8. The Labute approximate surface area is 200 Å². The second kappa shape index (κ2) is 9.23. The lowest BCUT2D eigenvalue weighted by atomic mass is 9.79. The minimum absolute atomic E-state index is 0.208.